The molecule has 0 saturated heterocycles. The van der Waals surface area contributed by atoms with Crippen LogP contribution in [0, 0.1) is 0 Å². The van der Waals surface area contributed by atoms with Crippen LogP contribution in [0.5, 0.6) is 0 Å². The van der Waals surface area contributed by atoms with E-state index in [-0.39, 0.29) is 0 Å². The average molecular weight is 318 g/mol. The summed E-state index contributed by atoms with van der Waals surface area (Å²) in [6.45, 7) is 0. The van der Waals surface area contributed by atoms with Gasteiger partial charge in [0.2, 0.25) is 0 Å². The maximum absolute atomic E-state index is 5.97. The summed E-state index contributed by atoms with van der Waals surface area (Å²) in [4.78, 5) is 0. The number of nitrogens with zero attached hydrogens (tertiary/aromatic N) is 1. The molecule has 0 spiro atoms. The van der Waals surface area contributed by atoms with Crippen LogP contribution in [0.4, 0.5) is 5.69 Å². The zero-order chi connectivity index (χ0) is 7.84. The van der Waals surface area contributed by atoms with E-state index in [1.807, 2.05) is 18.2 Å². The predicted octanol–water partition coefficient (Wildman–Crippen LogP) is 1.81. The molecule has 1 aliphatic rings. The van der Waals surface area contributed by atoms with Crippen molar-refractivity contribution in [2.45, 2.75) is 0 Å². The van der Waals surface area contributed by atoms with Gasteiger partial charge in [0.15, 0.2) is 0 Å². The van der Waals surface area contributed by atoms with Crippen LogP contribution < -0.4 is 4.46 Å². The fourth-order valence-electron chi connectivity index (χ4n) is 0.800. The molecule has 11 heavy (non-hydrogen) atoms. The second-order valence-corrected chi connectivity index (χ2v) is 13.9. The van der Waals surface area contributed by atoms with Gasteiger partial charge in [-0.05, 0) is 0 Å². The van der Waals surface area contributed by atoms with Crippen LogP contribution in [0.3, 0.4) is 0 Å². The minimum atomic E-state index is -1.13. The first kappa shape index (κ1) is 8.25. The minimum absolute atomic E-state index is 0.391. The average Bonchev–Trinajstić information content (AvgIpc) is 2.27. The van der Waals surface area contributed by atoms with Gasteiger partial charge >= 0.3 is 83.1 Å². The summed E-state index contributed by atoms with van der Waals surface area (Å²) in [5.41, 5.74) is 1.06. The Labute approximate surface area is 82.7 Å². The molecule has 0 aliphatic carbocycles. The molecule has 1 heterocycles. The van der Waals surface area contributed by atoms with E-state index >= 15 is 0 Å². The van der Waals surface area contributed by atoms with Gasteiger partial charge in [0, 0.05) is 0 Å². The van der Waals surface area contributed by atoms with Crippen molar-refractivity contribution in [2.75, 3.05) is 0 Å². The Morgan fingerprint density at radius 1 is 1.45 bits per heavy atom. The Hall–Kier alpha value is 0.639. The van der Waals surface area contributed by atoms with Crippen LogP contribution in [-0.2, 0) is 0 Å². The van der Waals surface area contributed by atoms with Crippen LogP contribution in [0.1, 0.15) is 0 Å². The normalized spacial score (nSPS) is 21.1. The van der Waals surface area contributed by atoms with Crippen molar-refractivity contribution in [3.8, 4) is 0 Å². The summed E-state index contributed by atoms with van der Waals surface area (Å²) < 4.78 is 5.62. The number of halogens is 2. The van der Waals surface area contributed by atoms with E-state index in [4.69, 9.17) is 21.7 Å². The quantitative estimate of drug-likeness (QED) is 0.647. The standard InChI is InChI=1S/C6H3Cl2NSe2/c7-4-1-2-5-6(3-4)10-11(8)9-5/h1-3H. The van der Waals surface area contributed by atoms with E-state index in [2.05, 4.69) is 3.96 Å². The first-order valence-electron chi connectivity index (χ1n) is 2.86. The molecule has 1 aromatic carbocycles. The predicted molar refractivity (Wildman–Crippen MR) is 50.5 cm³/mol. The fraction of sp³-hybridized carbons (Fsp3) is 0. The Bertz CT molecular complexity index is 337. The summed E-state index contributed by atoms with van der Waals surface area (Å²) in [6.07, 6.45) is 0. The topological polar surface area (TPSA) is 12.4 Å². The molecular formula is C6H3Cl2NSe2. The van der Waals surface area contributed by atoms with E-state index in [1.165, 1.54) is 4.46 Å². The van der Waals surface area contributed by atoms with Crippen molar-refractivity contribution in [3.05, 3.63) is 23.2 Å². The van der Waals surface area contributed by atoms with Crippen molar-refractivity contribution >= 4 is 55.9 Å². The second kappa shape index (κ2) is 3.18. The Kier molecular flexibility index (Phi) is 2.38. The first-order chi connectivity index (χ1) is 5.25. The summed E-state index contributed by atoms with van der Waals surface area (Å²) in [7, 11) is 4.84. The van der Waals surface area contributed by atoms with E-state index in [0.717, 1.165) is 10.7 Å². The molecule has 1 aromatic rings. The summed E-state index contributed by atoms with van der Waals surface area (Å²) in [5, 5.41) is 0.790. The zero-order valence-electron chi connectivity index (χ0n) is 5.25. The van der Waals surface area contributed by atoms with Crippen molar-refractivity contribution in [2.24, 2.45) is 3.96 Å². The number of rotatable bonds is 0. The molecule has 1 nitrogen and oxygen atoms in total. The van der Waals surface area contributed by atoms with E-state index in [9.17, 15) is 0 Å². The third kappa shape index (κ3) is 1.70. The summed E-state index contributed by atoms with van der Waals surface area (Å²) >= 11 is 6.20. The van der Waals surface area contributed by atoms with Gasteiger partial charge in [-0.3, -0.25) is 0 Å². The summed E-state index contributed by atoms with van der Waals surface area (Å²) in [5.74, 6) is 0. The molecule has 1 aliphatic heterocycles. The van der Waals surface area contributed by atoms with Crippen molar-refractivity contribution in [1.29, 1.82) is 0 Å². The molecule has 1 unspecified atom stereocenters. The van der Waals surface area contributed by atoms with Crippen LogP contribution in [0.25, 0.3) is 0 Å². The Morgan fingerprint density at radius 3 is 3.09 bits per heavy atom. The molecule has 0 aromatic heterocycles. The molecule has 58 valence electrons. The molecule has 0 fully saturated rings. The van der Waals surface area contributed by atoms with Crippen LogP contribution >= 0.6 is 21.7 Å². The van der Waals surface area contributed by atoms with E-state index < -0.39 is 11.0 Å². The van der Waals surface area contributed by atoms with Gasteiger partial charge in [-0.1, -0.05) is 0 Å². The van der Waals surface area contributed by atoms with Gasteiger partial charge in [0.25, 0.3) is 0 Å². The van der Waals surface area contributed by atoms with Gasteiger partial charge < -0.3 is 0 Å². The number of benzene rings is 1. The number of hydrogen-bond donors (Lipinski definition) is 0. The molecule has 0 saturated carbocycles. The van der Waals surface area contributed by atoms with Gasteiger partial charge in [-0.2, -0.15) is 0 Å². The fourth-order valence-corrected chi connectivity index (χ4v) is 9.82. The van der Waals surface area contributed by atoms with E-state index in [1.54, 1.807) is 0 Å². The Balaban J connectivity index is 2.52. The van der Waals surface area contributed by atoms with E-state index in [0.29, 0.717) is 13.1 Å². The van der Waals surface area contributed by atoms with Gasteiger partial charge in [0.1, 0.15) is 0 Å². The van der Waals surface area contributed by atoms with Crippen LogP contribution in [0.15, 0.2) is 22.2 Å². The molecule has 0 amide bonds. The molecule has 1 atom stereocenters. The number of hydrogen-bond acceptors (Lipinski definition) is 1. The molecule has 0 N–H and O–H groups in total. The maximum atomic E-state index is 5.97. The van der Waals surface area contributed by atoms with Crippen molar-refractivity contribution < 1.29 is 0 Å². The summed E-state index contributed by atoms with van der Waals surface area (Å²) in [6, 6.07) is 5.79. The molecule has 0 bridgehead atoms. The second-order valence-electron chi connectivity index (χ2n) is 1.99. The molecular weight excluding hydrogens is 315 g/mol. The monoisotopic (exact) mass is 319 g/mol. The molecule has 5 heteroatoms. The van der Waals surface area contributed by atoms with Gasteiger partial charge in [-0.25, -0.2) is 0 Å². The zero-order valence-corrected chi connectivity index (χ0v) is 10.2. The van der Waals surface area contributed by atoms with Crippen molar-refractivity contribution in [1.82, 2.24) is 0 Å². The molecule has 0 radical (unpaired) electrons. The SMILES string of the molecule is Clc1ccc2c(c1)[Se][Se](Cl)=N2. The third-order valence-electron chi connectivity index (χ3n) is 1.25. The van der Waals surface area contributed by atoms with Crippen LogP contribution in [0.2, 0.25) is 5.02 Å². The van der Waals surface area contributed by atoms with Crippen LogP contribution in [-0.4, -0.2) is 24.1 Å². The molecule has 2 rings (SSSR count). The van der Waals surface area contributed by atoms with Gasteiger partial charge in [0.05, 0.1) is 0 Å². The number of fused-ring (bicyclic) bond motifs is 1. The van der Waals surface area contributed by atoms with Crippen molar-refractivity contribution in [3.63, 3.8) is 0 Å². The van der Waals surface area contributed by atoms with Gasteiger partial charge in [-0.15, -0.1) is 0 Å². The first-order valence-corrected chi connectivity index (χ1v) is 11.4. The third-order valence-corrected chi connectivity index (χ3v) is 9.88. The Morgan fingerprint density at radius 2 is 2.27 bits per heavy atom.